The van der Waals surface area contributed by atoms with E-state index in [1.807, 2.05) is 0 Å². The molecule has 5 nitrogen and oxygen atoms in total. The Morgan fingerprint density at radius 1 is 1.09 bits per heavy atom. The van der Waals surface area contributed by atoms with Crippen molar-refractivity contribution in [1.82, 2.24) is 4.31 Å². The number of halogens is 1. The van der Waals surface area contributed by atoms with Crippen LogP contribution < -0.4 is 0 Å². The molecule has 0 N–H and O–H groups in total. The predicted molar refractivity (Wildman–Crippen MR) is 84.0 cm³/mol. The molecular weight excluding hydrogens is 321 g/mol. The monoisotopic (exact) mass is 337 g/mol. The van der Waals surface area contributed by atoms with Gasteiger partial charge in [-0.2, -0.15) is 0 Å². The minimum atomic E-state index is -3.76. The lowest BCUT2D eigenvalue weighted by atomic mass is 10.0. The zero-order valence-corrected chi connectivity index (χ0v) is 13.7. The topological polar surface area (TPSA) is 63.7 Å². The molecule has 122 valence electrons. The minimum absolute atomic E-state index is 0.0222. The van der Waals surface area contributed by atoms with Gasteiger partial charge in [-0.15, -0.1) is 0 Å². The number of ether oxygens (including phenoxy) is 1. The van der Waals surface area contributed by atoms with Crippen LogP contribution in [0.1, 0.15) is 10.4 Å². The lowest BCUT2D eigenvalue weighted by Gasteiger charge is -2.16. The second kappa shape index (κ2) is 6.47. The van der Waals surface area contributed by atoms with Crippen LogP contribution in [0.3, 0.4) is 0 Å². The Balaban J connectivity index is 2.72. The Morgan fingerprint density at radius 3 is 2.35 bits per heavy atom. The Labute approximate surface area is 134 Å². The SMILES string of the molecule is COC(=O)c1ccc(F)c(-c2ccccc2S(=O)(=O)N(C)C)c1. The van der Waals surface area contributed by atoms with E-state index in [-0.39, 0.29) is 21.6 Å². The molecule has 0 spiro atoms. The van der Waals surface area contributed by atoms with Gasteiger partial charge in [-0.3, -0.25) is 0 Å². The Bertz CT molecular complexity index is 847. The smallest absolute Gasteiger partial charge is 0.337 e. The molecule has 7 heteroatoms. The van der Waals surface area contributed by atoms with Crippen LogP contribution in [0.15, 0.2) is 47.4 Å². The summed E-state index contributed by atoms with van der Waals surface area (Å²) in [5, 5.41) is 0. The van der Waals surface area contributed by atoms with Crippen LogP contribution in [-0.4, -0.2) is 39.9 Å². The van der Waals surface area contributed by atoms with Crippen molar-refractivity contribution < 1.29 is 22.3 Å². The average molecular weight is 337 g/mol. The average Bonchev–Trinajstić information content (AvgIpc) is 2.54. The first kappa shape index (κ1) is 17.1. The highest BCUT2D eigenvalue weighted by Gasteiger charge is 2.23. The van der Waals surface area contributed by atoms with Crippen molar-refractivity contribution >= 4 is 16.0 Å². The summed E-state index contributed by atoms with van der Waals surface area (Å²) in [6.45, 7) is 0. The molecular formula is C16H16FNO4S. The van der Waals surface area contributed by atoms with Crippen LogP contribution in [0.25, 0.3) is 11.1 Å². The summed E-state index contributed by atoms with van der Waals surface area (Å²) in [6.07, 6.45) is 0. The Morgan fingerprint density at radius 2 is 1.74 bits per heavy atom. The van der Waals surface area contributed by atoms with E-state index in [0.717, 1.165) is 10.4 Å². The molecule has 0 unspecified atom stereocenters. The molecule has 0 aliphatic heterocycles. The number of esters is 1. The maximum atomic E-state index is 14.2. The van der Waals surface area contributed by atoms with Gasteiger partial charge in [0.2, 0.25) is 10.0 Å². The zero-order chi connectivity index (χ0) is 17.2. The molecule has 0 aromatic heterocycles. The van der Waals surface area contributed by atoms with Crippen LogP contribution in [0.2, 0.25) is 0 Å². The highest BCUT2D eigenvalue weighted by molar-refractivity contribution is 7.89. The van der Waals surface area contributed by atoms with Gasteiger partial charge in [0, 0.05) is 25.2 Å². The molecule has 0 aliphatic carbocycles. The molecule has 2 rings (SSSR count). The number of methoxy groups -OCH3 is 1. The van der Waals surface area contributed by atoms with E-state index in [2.05, 4.69) is 4.74 Å². The van der Waals surface area contributed by atoms with E-state index in [0.29, 0.717) is 0 Å². The van der Waals surface area contributed by atoms with E-state index in [4.69, 9.17) is 0 Å². The molecule has 2 aromatic carbocycles. The first-order chi connectivity index (χ1) is 10.8. The van der Waals surface area contributed by atoms with E-state index < -0.39 is 21.8 Å². The maximum absolute atomic E-state index is 14.2. The van der Waals surface area contributed by atoms with E-state index in [1.165, 1.54) is 45.5 Å². The maximum Gasteiger partial charge on any atom is 0.337 e. The first-order valence-electron chi connectivity index (χ1n) is 6.69. The third-order valence-electron chi connectivity index (χ3n) is 3.32. The first-order valence-corrected chi connectivity index (χ1v) is 8.13. The summed E-state index contributed by atoms with van der Waals surface area (Å²) in [5.41, 5.74) is 0.347. The van der Waals surface area contributed by atoms with Crippen molar-refractivity contribution in [3.8, 4) is 11.1 Å². The summed E-state index contributed by atoms with van der Waals surface area (Å²) >= 11 is 0. The number of carbonyl (C=O) groups is 1. The molecule has 0 heterocycles. The van der Waals surface area contributed by atoms with Crippen molar-refractivity contribution in [2.45, 2.75) is 4.90 Å². The molecule has 0 aliphatic rings. The molecule has 23 heavy (non-hydrogen) atoms. The van der Waals surface area contributed by atoms with Gasteiger partial charge in [-0.1, -0.05) is 18.2 Å². The highest BCUT2D eigenvalue weighted by atomic mass is 32.2. The van der Waals surface area contributed by atoms with Crippen molar-refractivity contribution in [3.05, 3.63) is 53.8 Å². The normalized spacial score (nSPS) is 11.5. The number of nitrogens with zero attached hydrogens (tertiary/aromatic N) is 1. The quantitative estimate of drug-likeness (QED) is 0.804. The summed E-state index contributed by atoms with van der Waals surface area (Å²) in [4.78, 5) is 11.6. The number of benzene rings is 2. The fraction of sp³-hybridized carbons (Fsp3) is 0.188. The van der Waals surface area contributed by atoms with E-state index in [9.17, 15) is 17.6 Å². The lowest BCUT2D eigenvalue weighted by molar-refractivity contribution is 0.0600. The second-order valence-corrected chi connectivity index (χ2v) is 7.09. The van der Waals surface area contributed by atoms with Crippen LogP contribution >= 0.6 is 0 Å². The summed E-state index contributed by atoms with van der Waals surface area (Å²) in [7, 11) is 0.250. The van der Waals surface area contributed by atoms with E-state index >= 15 is 0 Å². The molecule has 0 atom stereocenters. The van der Waals surface area contributed by atoms with Gasteiger partial charge in [0.15, 0.2) is 0 Å². The molecule has 0 bridgehead atoms. The van der Waals surface area contributed by atoms with Crippen molar-refractivity contribution in [3.63, 3.8) is 0 Å². The molecule has 0 saturated carbocycles. The molecule has 0 radical (unpaired) electrons. The van der Waals surface area contributed by atoms with Crippen molar-refractivity contribution in [1.29, 1.82) is 0 Å². The third kappa shape index (κ3) is 3.25. The molecule has 0 amide bonds. The van der Waals surface area contributed by atoms with Crippen molar-refractivity contribution in [2.24, 2.45) is 0 Å². The van der Waals surface area contributed by atoms with Gasteiger partial charge in [0.05, 0.1) is 17.6 Å². The van der Waals surface area contributed by atoms with Crippen LogP contribution in [-0.2, 0) is 14.8 Å². The second-order valence-electron chi connectivity index (χ2n) is 4.97. The molecule has 2 aromatic rings. The summed E-state index contributed by atoms with van der Waals surface area (Å²) in [6, 6.07) is 9.74. The van der Waals surface area contributed by atoms with Gasteiger partial charge >= 0.3 is 5.97 Å². The van der Waals surface area contributed by atoms with Gasteiger partial charge in [-0.05, 0) is 24.3 Å². The summed E-state index contributed by atoms with van der Waals surface area (Å²) in [5.74, 6) is -1.25. The zero-order valence-electron chi connectivity index (χ0n) is 12.9. The predicted octanol–water partition coefficient (Wildman–Crippen LogP) is 2.53. The van der Waals surface area contributed by atoms with Gasteiger partial charge in [0.1, 0.15) is 5.82 Å². The van der Waals surface area contributed by atoms with Gasteiger partial charge in [0.25, 0.3) is 0 Å². The van der Waals surface area contributed by atoms with E-state index in [1.54, 1.807) is 12.1 Å². The summed E-state index contributed by atoms with van der Waals surface area (Å²) < 4.78 is 44.7. The van der Waals surface area contributed by atoms with Crippen molar-refractivity contribution in [2.75, 3.05) is 21.2 Å². The number of carbonyl (C=O) groups excluding carboxylic acids is 1. The largest absolute Gasteiger partial charge is 0.465 e. The van der Waals surface area contributed by atoms with Gasteiger partial charge in [-0.25, -0.2) is 21.9 Å². The fourth-order valence-corrected chi connectivity index (χ4v) is 3.19. The van der Waals surface area contributed by atoms with Crippen LogP contribution in [0, 0.1) is 5.82 Å². The Kier molecular flexibility index (Phi) is 4.82. The molecule has 0 fully saturated rings. The fourth-order valence-electron chi connectivity index (χ4n) is 2.09. The Hall–Kier alpha value is -2.25. The lowest BCUT2D eigenvalue weighted by Crippen LogP contribution is -2.22. The van der Waals surface area contributed by atoms with Gasteiger partial charge < -0.3 is 4.74 Å². The number of sulfonamides is 1. The number of rotatable bonds is 4. The number of hydrogen-bond acceptors (Lipinski definition) is 4. The third-order valence-corrected chi connectivity index (χ3v) is 5.20. The standard InChI is InChI=1S/C16H16FNO4S/c1-18(2)23(20,21)15-7-5-4-6-12(15)13-10-11(16(19)22-3)8-9-14(13)17/h4-10H,1-3H3. The number of hydrogen-bond donors (Lipinski definition) is 0. The minimum Gasteiger partial charge on any atom is -0.465 e. The molecule has 0 saturated heterocycles. The highest BCUT2D eigenvalue weighted by Crippen LogP contribution is 2.31. The van der Waals surface area contributed by atoms with Crippen LogP contribution in [0.4, 0.5) is 4.39 Å². The van der Waals surface area contributed by atoms with Crippen LogP contribution in [0.5, 0.6) is 0 Å².